The molecule has 0 aromatic carbocycles. The molecule has 3 aliphatic rings. The minimum atomic E-state index is -2.84. The van der Waals surface area contributed by atoms with Crippen LogP contribution < -0.4 is 0 Å². The Labute approximate surface area is 128 Å². The Morgan fingerprint density at radius 2 is 1.05 bits per heavy atom. The molecule has 0 N–H and O–H groups in total. The van der Waals surface area contributed by atoms with Gasteiger partial charge in [0.1, 0.15) is 0 Å². The summed E-state index contributed by atoms with van der Waals surface area (Å²) in [5.41, 5.74) is 0. The third kappa shape index (κ3) is 2.78. The van der Waals surface area contributed by atoms with E-state index in [0.29, 0.717) is 0 Å². The Balaban J connectivity index is 1.93. The zero-order valence-corrected chi connectivity index (χ0v) is 15.9. The van der Waals surface area contributed by atoms with Crippen molar-refractivity contribution >= 4 is 24.8 Å². The second-order valence-corrected chi connectivity index (χ2v) is 19.8. The molecule has 0 atom stereocenters. The van der Waals surface area contributed by atoms with E-state index >= 15 is 0 Å². The molecule has 3 rings (SSSR count). The van der Waals surface area contributed by atoms with Crippen molar-refractivity contribution in [3.8, 4) is 0 Å². The van der Waals surface area contributed by atoms with Gasteiger partial charge in [-0.05, 0) is 0 Å². The Hall–Kier alpha value is 0.269. The van der Waals surface area contributed by atoms with Crippen LogP contribution in [0.5, 0.6) is 0 Å². The summed E-state index contributed by atoms with van der Waals surface area (Å²) < 4.78 is 9.04. The van der Waals surface area contributed by atoms with E-state index in [1.54, 1.807) is 6.92 Å². The number of carbonyl (C=O) groups excluding carboxylic acids is 1. The van der Waals surface area contributed by atoms with E-state index in [2.05, 4.69) is 0 Å². The van der Waals surface area contributed by atoms with Gasteiger partial charge in [-0.15, -0.1) is 0 Å². The van der Waals surface area contributed by atoms with Crippen LogP contribution in [0, 0.1) is 0 Å². The van der Waals surface area contributed by atoms with Crippen LogP contribution >= 0.6 is 0 Å². The van der Waals surface area contributed by atoms with Crippen molar-refractivity contribution in [2.24, 2.45) is 0 Å². The second kappa shape index (κ2) is 6.58. The van der Waals surface area contributed by atoms with Gasteiger partial charge in [-0.2, -0.15) is 0 Å². The van der Waals surface area contributed by atoms with Crippen molar-refractivity contribution in [1.82, 2.24) is 0 Å². The number of rotatable bonds is 4. The molecular weight excluding hydrogens is 355 g/mol. The van der Waals surface area contributed by atoms with Gasteiger partial charge in [0.05, 0.1) is 0 Å². The number of hydrogen-bond donors (Lipinski definition) is 0. The van der Waals surface area contributed by atoms with E-state index in [0.717, 1.165) is 11.8 Å². The molecular formula is C17H30O2Sn. The zero-order valence-electron chi connectivity index (χ0n) is 13.0. The van der Waals surface area contributed by atoms with Crippen LogP contribution in [0.25, 0.3) is 0 Å². The Bertz CT molecular complexity index is 296. The first-order valence-electron chi connectivity index (χ1n) is 8.93. The quantitative estimate of drug-likeness (QED) is 0.612. The summed E-state index contributed by atoms with van der Waals surface area (Å²) in [6.45, 7) is 1.69. The molecule has 3 saturated carbocycles. The van der Waals surface area contributed by atoms with E-state index in [1.165, 1.54) is 77.0 Å². The first kappa shape index (κ1) is 15.2. The molecule has 0 aromatic rings. The standard InChI is InChI=1S/3C5H9.C2H4O2.Sn/c3*1-2-4-5-3-1;1-2(3)4;/h3*1H,2-5H2;1H3,(H,3,4);/q;;;;+1/p-1. The van der Waals surface area contributed by atoms with Gasteiger partial charge < -0.3 is 0 Å². The Morgan fingerprint density at radius 1 is 0.750 bits per heavy atom. The van der Waals surface area contributed by atoms with Crippen molar-refractivity contribution < 1.29 is 7.87 Å². The van der Waals surface area contributed by atoms with Gasteiger partial charge in [-0.25, -0.2) is 0 Å². The maximum atomic E-state index is 12.0. The molecule has 0 saturated heterocycles. The van der Waals surface area contributed by atoms with Gasteiger partial charge in [0.2, 0.25) is 0 Å². The summed E-state index contributed by atoms with van der Waals surface area (Å²) in [5.74, 6) is 0.0616. The second-order valence-electron chi connectivity index (χ2n) is 7.39. The predicted molar refractivity (Wildman–Crippen MR) is 84.2 cm³/mol. The molecule has 0 amide bonds. The average Bonchev–Trinajstić information content (AvgIpc) is 3.15. The normalized spacial score (nSPS) is 26.4. The molecule has 0 aliphatic heterocycles. The van der Waals surface area contributed by atoms with E-state index in [9.17, 15) is 4.79 Å². The number of carbonyl (C=O) groups is 1. The molecule has 0 heterocycles. The first-order chi connectivity index (χ1) is 9.73. The molecule has 0 unspecified atom stereocenters. The SMILES string of the molecule is CC(=O)[O][Sn]([CH]1CCCC1)([CH]1CCCC1)[CH]1CCCC1. The van der Waals surface area contributed by atoms with E-state index in [1.807, 2.05) is 0 Å². The first-order valence-corrected chi connectivity index (χ1v) is 15.0. The topological polar surface area (TPSA) is 26.3 Å². The number of hydrogen-bond acceptors (Lipinski definition) is 2. The molecule has 0 radical (unpaired) electrons. The third-order valence-electron chi connectivity index (χ3n) is 6.30. The van der Waals surface area contributed by atoms with Gasteiger partial charge in [0.15, 0.2) is 0 Å². The van der Waals surface area contributed by atoms with Crippen LogP contribution in [-0.4, -0.2) is 24.8 Å². The van der Waals surface area contributed by atoms with Gasteiger partial charge in [-0.1, -0.05) is 0 Å². The van der Waals surface area contributed by atoms with Crippen molar-refractivity contribution in [1.29, 1.82) is 0 Å². The van der Waals surface area contributed by atoms with Gasteiger partial charge in [-0.3, -0.25) is 0 Å². The molecule has 3 fully saturated rings. The fraction of sp³-hybridized carbons (Fsp3) is 0.941. The maximum absolute atomic E-state index is 12.0. The molecule has 114 valence electrons. The molecule has 3 aliphatic carbocycles. The van der Waals surface area contributed by atoms with E-state index in [-0.39, 0.29) is 5.97 Å². The molecule has 0 aromatic heterocycles. The monoisotopic (exact) mass is 386 g/mol. The minimum absolute atomic E-state index is 0.0616. The van der Waals surface area contributed by atoms with Crippen molar-refractivity contribution in [2.75, 3.05) is 0 Å². The molecule has 0 spiro atoms. The summed E-state index contributed by atoms with van der Waals surface area (Å²) in [5, 5.41) is 0. The summed E-state index contributed by atoms with van der Waals surface area (Å²) >= 11 is -2.84. The van der Waals surface area contributed by atoms with Crippen molar-refractivity contribution in [3.05, 3.63) is 0 Å². The average molecular weight is 385 g/mol. The van der Waals surface area contributed by atoms with Crippen LogP contribution in [-0.2, 0) is 7.87 Å². The van der Waals surface area contributed by atoms with Crippen molar-refractivity contribution in [2.45, 2.75) is 95.8 Å². The summed E-state index contributed by atoms with van der Waals surface area (Å²) in [7, 11) is 0. The molecule has 2 nitrogen and oxygen atoms in total. The van der Waals surface area contributed by atoms with Crippen LogP contribution in [0.3, 0.4) is 0 Å². The summed E-state index contributed by atoms with van der Waals surface area (Å²) in [6.07, 6.45) is 16.7. The van der Waals surface area contributed by atoms with E-state index < -0.39 is 18.8 Å². The molecule has 3 heteroatoms. The summed E-state index contributed by atoms with van der Waals surface area (Å²) in [6, 6.07) is 0. The molecule has 20 heavy (non-hydrogen) atoms. The van der Waals surface area contributed by atoms with Gasteiger partial charge in [0.25, 0.3) is 0 Å². The fourth-order valence-electron chi connectivity index (χ4n) is 5.63. The zero-order chi connectivity index (χ0) is 14.0. The van der Waals surface area contributed by atoms with Crippen LogP contribution in [0.1, 0.15) is 84.0 Å². The van der Waals surface area contributed by atoms with Gasteiger partial charge in [0, 0.05) is 0 Å². The van der Waals surface area contributed by atoms with Gasteiger partial charge >= 0.3 is 128 Å². The Morgan fingerprint density at radius 3 is 1.30 bits per heavy atom. The van der Waals surface area contributed by atoms with Crippen LogP contribution in [0.15, 0.2) is 0 Å². The van der Waals surface area contributed by atoms with Crippen LogP contribution in [0.2, 0.25) is 11.8 Å². The van der Waals surface area contributed by atoms with Crippen molar-refractivity contribution in [3.63, 3.8) is 0 Å². The molecule has 0 bridgehead atoms. The Kier molecular flexibility index (Phi) is 4.99. The fourth-order valence-corrected chi connectivity index (χ4v) is 25.4. The third-order valence-corrected chi connectivity index (χ3v) is 24.0. The summed E-state index contributed by atoms with van der Waals surface area (Å²) in [4.78, 5) is 12.0. The predicted octanol–water partition coefficient (Wildman–Crippen LogP) is 5.33. The van der Waals surface area contributed by atoms with Crippen LogP contribution in [0.4, 0.5) is 0 Å². The van der Waals surface area contributed by atoms with E-state index in [4.69, 9.17) is 3.07 Å².